The van der Waals surface area contributed by atoms with E-state index >= 15 is 0 Å². The zero-order chi connectivity index (χ0) is 22.0. The fourth-order valence-electron chi connectivity index (χ4n) is 4.91. The maximum atomic E-state index is 14.1. The average Bonchev–Trinajstić information content (AvgIpc) is 3.24. The van der Waals surface area contributed by atoms with E-state index in [1.165, 1.54) is 6.07 Å². The van der Waals surface area contributed by atoms with E-state index in [9.17, 15) is 14.0 Å². The number of halogens is 1. The van der Waals surface area contributed by atoms with Crippen LogP contribution in [0.2, 0.25) is 0 Å². The number of piperazine rings is 1. The number of H-pyrrole nitrogens is 1. The molecule has 7 nitrogen and oxygen atoms in total. The van der Waals surface area contributed by atoms with Gasteiger partial charge in [-0.25, -0.2) is 4.39 Å². The van der Waals surface area contributed by atoms with Crippen molar-refractivity contribution in [2.24, 2.45) is 0 Å². The molecule has 2 amide bonds. The van der Waals surface area contributed by atoms with Crippen LogP contribution in [-0.4, -0.2) is 78.5 Å². The number of carbonyl (C=O) groups excluding carboxylic acids is 2. The molecule has 1 aliphatic carbocycles. The van der Waals surface area contributed by atoms with E-state index in [-0.39, 0.29) is 23.7 Å². The minimum absolute atomic E-state index is 0.0564. The third-order valence-electron chi connectivity index (χ3n) is 6.74. The van der Waals surface area contributed by atoms with E-state index in [1.54, 1.807) is 19.2 Å². The zero-order valence-corrected chi connectivity index (χ0v) is 18.3. The van der Waals surface area contributed by atoms with Gasteiger partial charge in [-0.2, -0.15) is 0 Å². The second-order valence-electron chi connectivity index (χ2n) is 8.81. The molecule has 31 heavy (non-hydrogen) atoms. The van der Waals surface area contributed by atoms with E-state index in [4.69, 9.17) is 0 Å². The lowest BCUT2D eigenvalue weighted by molar-refractivity contribution is -0.122. The number of carbonyl (C=O) groups is 2. The molecule has 2 atom stereocenters. The number of nitrogens with one attached hydrogen (secondary N) is 3. The van der Waals surface area contributed by atoms with Gasteiger partial charge in [0.25, 0.3) is 5.91 Å². The first kappa shape index (κ1) is 21.8. The summed E-state index contributed by atoms with van der Waals surface area (Å²) in [5, 5.41) is 6.30. The Bertz CT molecular complexity index is 912. The lowest BCUT2D eigenvalue weighted by atomic mass is 9.89. The van der Waals surface area contributed by atoms with Crippen molar-refractivity contribution in [3.05, 3.63) is 35.3 Å². The Hall–Kier alpha value is -2.45. The van der Waals surface area contributed by atoms with Crippen LogP contribution in [0.25, 0.3) is 10.9 Å². The van der Waals surface area contributed by atoms with Gasteiger partial charge in [0.1, 0.15) is 11.5 Å². The maximum absolute atomic E-state index is 14.1. The van der Waals surface area contributed by atoms with Crippen molar-refractivity contribution in [2.75, 3.05) is 39.8 Å². The molecule has 1 aromatic carbocycles. The van der Waals surface area contributed by atoms with Gasteiger partial charge in [-0.3, -0.25) is 19.4 Å². The molecular formula is C23H32FN5O2. The smallest absolute Gasteiger partial charge is 0.267 e. The van der Waals surface area contributed by atoms with Crippen molar-refractivity contribution in [3.8, 4) is 0 Å². The minimum atomic E-state index is -0.316. The molecule has 2 heterocycles. The van der Waals surface area contributed by atoms with Crippen molar-refractivity contribution in [1.82, 2.24) is 25.4 Å². The second-order valence-corrected chi connectivity index (χ2v) is 8.81. The highest BCUT2D eigenvalue weighted by Gasteiger charge is 2.30. The molecular weight excluding hydrogens is 397 g/mol. The number of amides is 2. The topological polar surface area (TPSA) is 80.5 Å². The van der Waals surface area contributed by atoms with Gasteiger partial charge < -0.3 is 15.6 Å². The van der Waals surface area contributed by atoms with E-state index in [1.807, 2.05) is 6.92 Å². The number of likely N-dealkylation sites (N-methyl/N-ethyl adjacent to an activating group) is 1. The summed E-state index contributed by atoms with van der Waals surface area (Å²) >= 11 is 0. The monoisotopic (exact) mass is 429 g/mol. The quantitative estimate of drug-likeness (QED) is 0.679. The SMILES string of the molecule is CNC(=O)CN1CCN(C2CCC[C@@H](NC(=O)c3cc4c(F)ccc(C)c4[nH]3)C2)CC1. The van der Waals surface area contributed by atoms with E-state index in [0.29, 0.717) is 29.2 Å². The van der Waals surface area contributed by atoms with E-state index in [0.717, 1.165) is 57.4 Å². The molecule has 2 fully saturated rings. The standard InChI is InChI=1S/C23H32FN5O2/c1-15-6-7-19(24)18-13-20(27-22(15)18)23(31)26-16-4-3-5-17(12-16)29-10-8-28(9-11-29)14-21(30)25-2/h6-7,13,16-17,27H,3-5,8-12,14H2,1-2H3,(H,25,30)(H,26,31)/t16-,17?/m1/s1. The Morgan fingerprint density at radius 2 is 1.97 bits per heavy atom. The molecule has 1 saturated heterocycles. The number of nitrogens with zero attached hydrogens (tertiary/aromatic N) is 2. The van der Waals surface area contributed by atoms with Gasteiger partial charge in [-0.05, 0) is 50.3 Å². The first-order valence-electron chi connectivity index (χ1n) is 11.2. The summed E-state index contributed by atoms with van der Waals surface area (Å²) in [5.74, 6) is -0.429. The predicted octanol–water partition coefficient (Wildman–Crippen LogP) is 2.02. The molecule has 0 bridgehead atoms. The molecule has 0 radical (unpaired) electrons. The van der Waals surface area contributed by atoms with Crippen LogP contribution in [0.1, 0.15) is 41.7 Å². The van der Waals surface area contributed by atoms with E-state index in [2.05, 4.69) is 25.4 Å². The first-order valence-corrected chi connectivity index (χ1v) is 11.2. The van der Waals surface area contributed by atoms with Gasteiger partial charge >= 0.3 is 0 Å². The molecule has 1 unspecified atom stereocenters. The number of hydrogen-bond acceptors (Lipinski definition) is 4. The van der Waals surface area contributed by atoms with Gasteiger partial charge in [0.05, 0.1) is 12.1 Å². The average molecular weight is 430 g/mol. The summed E-state index contributed by atoms with van der Waals surface area (Å²) in [6.07, 6.45) is 4.11. The normalized spacial score (nSPS) is 23.1. The molecule has 1 aromatic heterocycles. The number of hydrogen-bond donors (Lipinski definition) is 3. The Morgan fingerprint density at radius 3 is 2.68 bits per heavy atom. The largest absolute Gasteiger partial charge is 0.358 e. The number of fused-ring (bicyclic) bond motifs is 1. The lowest BCUT2D eigenvalue weighted by Crippen LogP contribution is -2.54. The molecule has 1 aliphatic heterocycles. The Kier molecular flexibility index (Phi) is 6.57. The van der Waals surface area contributed by atoms with Gasteiger partial charge in [0.2, 0.25) is 5.91 Å². The van der Waals surface area contributed by atoms with Crippen molar-refractivity contribution in [2.45, 2.75) is 44.7 Å². The molecule has 2 aromatic rings. The summed E-state index contributed by atoms with van der Waals surface area (Å²) in [6, 6.07) is 5.33. The van der Waals surface area contributed by atoms with Crippen LogP contribution < -0.4 is 10.6 Å². The Labute approximate surface area is 182 Å². The van der Waals surface area contributed by atoms with E-state index < -0.39 is 0 Å². The summed E-state index contributed by atoms with van der Waals surface area (Å²) in [4.78, 5) is 32.2. The van der Waals surface area contributed by atoms with Gasteiger partial charge in [0.15, 0.2) is 0 Å². The highest BCUT2D eigenvalue weighted by atomic mass is 19.1. The van der Waals surface area contributed by atoms with Gasteiger partial charge in [0, 0.05) is 50.7 Å². The van der Waals surface area contributed by atoms with Gasteiger partial charge in [-0.15, -0.1) is 0 Å². The van der Waals surface area contributed by atoms with Gasteiger partial charge in [-0.1, -0.05) is 6.07 Å². The van der Waals surface area contributed by atoms with Crippen LogP contribution in [0.4, 0.5) is 4.39 Å². The predicted molar refractivity (Wildman–Crippen MR) is 119 cm³/mol. The van der Waals surface area contributed by atoms with Crippen molar-refractivity contribution < 1.29 is 14.0 Å². The molecule has 2 aliphatic rings. The summed E-state index contributed by atoms with van der Waals surface area (Å²) < 4.78 is 14.1. The van der Waals surface area contributed by atoms with Crippen molar-refractivity contribution >= 4 is 22.7 Å². The number of aryl methyl sites for hydroxylation is 1. The fourth-order valence-corrected chi connectivity index (χ4v) is 4.91. The van der Waals surface area contributed by atoms with Crippen LogP contribution in [0, 0.1) is 12.7 Å². The Morgan fingerprint density at radius 1 is 1.19 bits per heavy atom. The highest BCUT2D eigenvalue weighted by Crippen LogP contribution is 2.26. The lowest BCUT2D eigenvalue weighted by Gasteiger charge is -2.42. The van der Waals surface area contributed by atoms with Crippen molar-refractivity contribution in [3.63, 3.8) is 0 Å². The van der Waals surface area contributed by atoms with Crippen LogP contribution in [0.5, 0.6) is 0 Å². The minimum Gasteiger partial charge on any atom is -0.358 e. The summed E-state index contributed by atoms with van der Waals surface area (Å²) in [6.45, 7) is 6.03. The molecule has 0 spiro atoms. The third kappa shape index (κ3) is 4.91. The van der Waals surface area contributed by atoms with Crippen LogP contribution in [0.3, 0.4) is 0 Å². The molecule has 4 rings (SSSR count). The number of aromatic amines is 1. The van der Waals surface area contributed by atoms with Crippen LogP contribution in [-0.2, 0) is 4.79 Å². The highest BCUT2D eigenvalue weighted by molar-refractivity contribution is 5.99. The second kappa shape index (κ2) is 9.36. The fraction of sp³-hybridized carbons (Fsp3) is 0.565. The Balaban J connectivity index is 1.33. The molecule has 168 valence electrons. The molecule has 3 N–H and O–H groups in total. The third-order valence-corrected chi connectivity index (χ3v) is 6.74. The molecule has 1 saturated carbocycles. The summed E-state index contributed by atoms with van der Waals surface area (Å²) in [7, 11) is 1.67. The maximum Gasteiger partial charge on any atom is 0.267 e. The summed E-state index contributed by atoms with van der Waals surface area (Å²) in [5.41, 5.74) is 2.01. The number of rotatable bonds is 5. The number of benzene rings is 1. The van der Waals surface area contributed by atoms with Crippen LogP contribution >= 0.6 is 0 Å². The van der Waals surface area contributed by atoms with Crippen molar-refractivity contribution in [1.29, 1.82) is 0 Å². The van der Waals surface area contributed by atoms with Crippen LogP contribution in [0.15, 0.2) is 18.2 Å². The number of aromatic nitrogens is 1. The first-order chi connectivity index (χ1) is 14.9. The zero-order valence-electron chi connectivity index (χ0n) is 18.3. The molecule has 8 heteroatoms.